The van der Waals surface area contributed by atoms with Crippen molar-refractivity contribution in [3.63, 3.8) is 0 Å². The van der Waals surface area contributed by atoms with Crippen LogP contribution < -0.4 is 0 Å². The van der Waals surface area contributed by atoms with E-state index in [9.17, 15) is 0 Å². The van der Waals surface area contributed by atoms with Gasteiger partial charge in [-0.15, -0.1) is 11.8 Å². The van der Waals surface area contributed by atoms with Crippen molar-refractivity contribution in [3.8, 4) is 11.3 Å². The summed E-state index contributed by atoms with van der Waals surface area (Å²) >= 11 is 7.72. The molecule has 0 saturated carbocycles. The third kappa shape index (κ3) is 2.23. The molecular weight excluding hydrogens is 238 g/mol. The van der Waals surface area contributed by atoms with Gasteiger partial charge in [-0.3, -0.25) is 4.98 Å². The molecule has 0 spiro atoms. The number of thioether (sulfide) groups is 1. The maximum atomic E-state index is 5.98. The Morgan fingerprint density at radius 2 is 2.06 bits per heavy atom. The van der Waals surface area contributed by atoms with Crippen molar-refractivity contribution in [2.45, 2.75) is 11.8 Å². The quantitative estimate of drug-likeness (QED) is 0.731. The number of hydrogen-bond donors (Lipinski definition) is 0. The standard InChI is InChI=1S/C13H12ClNS/c1-9-4-3-5-11(13(9)16-2)12-8-10(14)6-7-15-12/h3-8H,1-2H3. The Labute approximate surface area is 105 Å². The smallest absolute Gasteiger partial charge is 0.0728 e. The summed E-state index contributed by atoms with van der Waals surface area (Å²) in [5, 5.41) is 0.721. The van der Waals surface area contributed by atoms with E-state index in [-0.39, 0.29) is 0 Å². The normalized spacial score (nSPS) is 10.4. The molecule has 2 aromatic rings. The molecule has 82 valence electrons. The van der Waals surface area contributed by atoms with Crippen LogP contribution >= 0.6 is 23.4 Å². The molecule has 16 heavy (non-hydrogen) atoms. The Morgan fingerprint density at radius 3 is 2.75 bits per heavy atom. The maximum absolute atomic E-state index is 5.98. The molecule has 0 saturated heterocycles. The first-order valence-corrected chi connectivity index (χ1v) is 6.58. The molecule has 3 heteroatoms. The van der Waals surface area contributed by atoms with Crippen LogP contribution in [0.25, 0.3) is 11.3 Å². The van der Waals surface area contributed by atoms with Gasteiger partial charge >= 0.3 is 0 Å². The molecule has 0 bridgehead atoms. The molecular formula is C13H12ClNS. The van der Waals surface area contributed by atoms with Crippen LogP contribution in [0.5, 0.6) is 0 Å². The van der Waals surface area contributed by atoms with Gasteiger partial charge in [0.15, 0.2) is 0 Å². The SMILES string of the molecule is CSc1c(C)cccc1-c1cc(Cl)ccn1. The summed E-state index contributed by atoms with van der Waals surface area (Å²) in [4.78, 5) is 5.62. The lowest BCUT2D eigenvalue weighted by molar-refractivity contribution is 1.25. The second-order valence-corrected chi connectivity index (χ2v) is 4.77. The number of aryl methyl sites for hydroxylation is 1. The Hall–Kier alpha value is -0.990. The Morgan fingerprint density at radius 1 is 1.25 bits per heavy atom. The van der Waals surface area contributed by atoms with Gasteiger partial charge in [-0.25, -0.2) is 0 Å². The topological polar surface area (TPSA) is 12.9 Å². The summed E-state index contributed by atoms with van der Waals surface area (Å²) in [6.45, 7) is 2.11. The highest BCUT2D eigenvalue weighted by molar-refractivity contribution is 7.98. The number of nitrogens with zero attached hydrogens (tertiary/aromatic N) is 1. The summed E-state index contributed by atoms with van der Waals surface area (Å²) in [6, 6.07) is 9.93. The first-order valence-electron chi connectivity index (χ1n) is 4.98. The third-order valence-corrected chi connectivity index (χ3v) is 3.60. The van der Waals surface area contributed by atoms with Gasteiger partial charge in [0.05, 0.1) is 5.69 Å². The first kappa shape index (κ1) is 11.5. The average molecular weight is 250 g/mol. The van der Waals surface area contributed by atoms with Crippen LogP contribution in [0.3, 0.4) is 0 Å². The monoisotopic (exact) mass is 249 g/mol. The van der Waals surface area contributed by atoms with Crippen LogP contribution in [0.15, 0.2) is 41.4 Å². The highest BCUT2D eigenvalue weighted by Gasteiger charge is 2.07. The highest BCUT2D eigenvalue weighted by Crippen LogP contribution is 2.32. The largest absolute Gasteiger partial charge is 0.256 e. The van der Waals surface area contributed by atoms with E-state index in [2.05, 4.69) is 30.3 Å². The van der Waals surface area contributed by atoms with Gasteiger partial charge in [0.2, 0.25) is 0 Å². The number of halogens is 1. The summed E-state index contributed by atoms with van der Waals surface area (Å²) in [5.74, 6) is 0. The third-order valence-electron chi connectivity index (χ3n) is 2.41. The van der Waals surface area contributed by atoms with Crippen LogP contribution in [0.1, 0.15) is 5.56 Å². The molecule has 0 aliphatic rings. The summed E-state index contributed by atoms with van der Waals surface area (Å²) in [7, 11) is 0. The van der Waals surface area contributed by atoms with Crippen molar-refractivity contribution in [2.75, 3.05) is 6.26 Å². The molecule has 1 aromatic heterocycles. The molecule has 0 unspecified atom stereocenters. The Balaban J connectivity index is 2.60. The average Bonchev–Trinajstić information content (AvgIpc) is 2.28. The van der Waals surface area contributed by atoms with E-state index >= 15 is 0 Å². The van der Waals surface area contributed by atoms with Crippen molar-refractivity contribution >= 4 is 23.4 Å². The molecule has 0 N–H and O–H groups in total. The Kier molecular flexibility index (Phi) is 3.52. The fourth-order valence-corrected chi connectivity index (χ4v) is 2.62. The molecule has 0 fully saturated rings. The Bertz CT molecular complexity index is 511. The maximum Gasteiger partial charge on any atom is 0.0728 e. The van der Waals surface area contributed by atoms with Crippen LogP contribution in [-0.2, 0) is 0 Å². The zero-order chi connectivity index (χ0) is 11.5. The van der Waals surface area contributed by atoms with E-state index in [0.717, 1.165) is 16.3 Å². The molecule has 1 aromatic carbocycles. The molecule has 2 rings (SSSR count). The molecule has 0 radical (unpaired) electrons. The summed E-state index contributed by atoms with van der Waals surface area (Å²) in [6.07, 6.45) is 3.82. The molecule has 0 atom stereocenters. The van der Waals surface area contributed by atoms with E-state index in [1.54, 1.807) is 24.0 Å². The van der Waals surface area contributed by atoms with E-state index in [4.69, 9.17) is 11.6 Å². The molecule has 1 nitrogen and oxygen atoms in total. The van der Waals surface area contributed by atoms with Gasteiger partial charge in [-0.1, -0.05) is 29.8 Å². The van der Waals surface area contributed by atoms with Crippen molar-refractivity contribution in [1.82, 2.24) is 4.98 Å². The molecule has 1 heterocycles. The van der Waals surface area contributed by atoms with Crippen molar-refractivity contribution < 1.29 is 0 Å². The fraction of sp³-hybridized carbons (Fsp3) is 0.154. The van der Waals surface area contributed by atoms with Crippen LogP contribution in [0.2, 0.25) is 5.02 Å². The van der Waals surface area contributed by atoms with Gasteiger partial charge in [0, 0.05) is 21.7 Å². The second kappa shape index (κ2) is 4.89. The van der Waals surface area contributed by atoms with Crippen LogP contribution in [0, 0.1) is 6.92 Å². The zero-order valence-corrected chi connectivity index (χ0v) is 10.8. The summed E-state index contributed by atoms with van der Waals surface area (Å²) in [5.41, 5.74) is 3.35. The van der Waals surface area contributed by atoms with Gasteiger partial charge in [-0.05, 0) is 30.9 Å². The lowest BCUT2D eigenvalue weighted by Gasteiger charge is -2.09. The predicted molar refractivity (Wildman–Crippen MR) is 71.2 cm³/mol. The van der Waals surface area contributed by atoms with Crippen LogP contribution in [-0.4, -0.2) is 11.2 Å². The highest BCUT2D eigenvalue weighted by atomic mass is 35.5. The van der Waals surface area contributed by atoms with E-state index in [1.165, 1.54) is 10.5 Å². The zero-order valence-electron chi connectivity index (χ0n) is 9.20. The minimum atomic E-state index is 0.721. The second-order valence-electron chi connectivity index (χ2n) is 3.52. The van der Waals surface area contributed by atoms with E-state index in [1.807, 2.05) is 12.1 Å². The number of rotatable bonds is 2. The lowest BCUT2D eigenvalue weighted by atomic mass is 10.1. The lowest BCUT2D eigenvalue weighted by Crippen LogP contribution is -1.88. The minimum Gasteiger partial charge on any atom is -0.256 e. The predicted octanol–water partition coefficient (Wildman–Crippen LogP) is 4.43. The molecule has 0 amide bonds. The first-order chi connectivity index (χ1) is 7.72. The van der Waals surface area contributed by atoms with Gasteiger partial charge in [-0.2, -0.15) is 0 Å². The fourth-order valence-electron chi connectivity index (χ4n) is 1.68. The van der Waals surface area contributed by atoms with E-state index < -0.39 is 0 Å². The van der Waals surface area contributed by atoms with Gasteiger partial charge < -0.3 is 0 Å². The van der Waals surface area contributed by atoms with Crippen molar-refractivity contribution in [3.05, 3.63) is 47.1 Å². The summed E-state index contributed by atoms with van der Waals surface area (Å²) < 4.78 is 0. The van der Waals surface area contributed by atoms with Crippen LogP contribution in [0.4, 0.5) is 0 Å². The number of benzene rings is 1. The van der Waals surface area contributed by atoms with Crippen molar-refractivity contribution in [1.29, 1.82) is 0 Å². The van der Waals surface area contributed by atoms with Crippen molar-refractivity contribution in [2.24, 2.45) is 0 Å². The number of pyridine rings is 1. The van der Waals surface area contributed by atoms with Gasteiger partial charge in [0.25, 0.3) is 0 Å². The van der Waals surface area contributed by atoms with E-state index in [0.29, 0.717) is 0 Å². The van der Waals surface area contributed by atoms with Gasteiger partial charge in [0.1, 0.15) is 0 Å². The number of hydrogen-bond acceptors (Lipinski definition) is 2. The number of aromatic nitrogens is 1. The minimum absolute atomic E-state index is 0.721. The molecule has 0 aliphatic carbocycles. The molecule has 0 aliphatic heterocycles.